The van der Waals surface area contributed by atoms with Gasteiger partial charge in [-0.2, -0.15) is 0 Å². The molecule has 0 radical (unpaired) electrons. The minimum absolute atomic E-state index is 0.0615. The van der Waals surface area contributed by atoms with Crippen LogP contribution in [-0.2, 0) is 4.74 Å². The predicted octanol–water partition coefficient (Wildman–Crippen LogP) is 2.20. The van der Waals surface area contributed by atoms with E-state index < -0.39 is 0 Å². The number of hydrogen-bond acceptors (Lipinski definition) is 3. The monoisotopic (exact) mass is 248 g/mol. The summed E-state index contributed by atoms with van der Waals surface area (Å²) in [5.74, 6) is 0. The highest BCUT2D eigenvalue weighted by Crippen LogP contribution is 2.18. The van der Waals surface area contributed by atoms with Crippen molar-refractivity contribution in [3.05, 3.63) is 29.8 Å². The van der Waals surface area contributed by atoms with Gasteiger partial charge in [-0.3, -0.25) is 0 Å². The minimum atomic E-state index is 0.0615. The summed E-state index contributed by atoms with van der Waals surface area (Å²) < 4.78 is 5.95. The normalized spacial score (nSPS) is 17.3. The number of hydrogen-bond donors (Lipinski definition) is 1. The standard InChI is InChI=1S/C15H24N2O/c1-4-17(14-7-5-6-13(2)10-14)8-9-18-15(3)11-16-12-15/h5-7,10,16H,4,8-9,11-12H2,1-3H3. The molecule has 1 aliphatic rings. The van der Waals surface area contributed by atoms with Gasteiger partial charge in [-0.1, -0.05) is 12.1 Å². The van der Waals surface area contributed by atoms with E-state index in [2.05, 4.69) is 55.3 Å². The molecule has 0 atom stereocenters. The van der Waals surface area contributed by atoms with Crippen LogP contribution in [0.15, 0.2) is 24.3 Å². The van der Waals surface area contributed by atoms with Crippen molar-refractivity contribution in [3.63, 3.8) is 0 Å². The molecule has 0 amide bonds. The maximum atomic E-state index is 5.95. The molecule has 1 N–H and O–H groups in total. The average Bonchev–Trinajstić information content (AvgIpc) is 2.32. The van der Waals surface area contributed by atoms with Crippen molar-refractivity contribution in [2.24, 2.45) is 0 Å². The number of benzene rings is 1. The summed E-state index contributed by atoms with van der Waals surface area (Å²) in [7, 11) is 0. The Morgan fingerprint density at radius 1 is 1.39 bits per heavy atom. The van der Waals surface area contributed by atoms with Crippen LogP contribution in [0.25, 0.3) is 0 Å². The van der Waals surface area contributed by atoms with Gasteiger partial charge in [0, 0.05) is 31.9 Å². The van der Waals surface area contributed by atoms with E-state index in [1.54, 1.807) is 0 Å². The first kappa shape index (κ1) is 13.4. The number of rotatable bonds is 6. The smallest absolute Gasteiger partial charge is 0.0902 e. The van der Waals surface area contributed by atoms with Gasteiger partial charge in [-0.05, 0) is 38.5 Å². The van der Waals surface area contributed by atoms with Crippen molar-refractivity contribution < 1.29 is 4.74 Å². The van der Waals surface area contributed by atoms with Crippen LogP contribution in [0.4, 0.5) is 5.69 Å². The molecule has 0 unspecified atom stereocenters. The average molecular weight is 248 g/mol. The number of ether oxygens (including phenoxy) is 1. The van der Waals surface area contributed by atoms with E-state index >= 15 is 0 Å². The van der Waals surface area contributed by atoms with Gasteiger partial charge in [0.2, 0.25) is 0 Å². The molecule has 2 rings (SSSR count). The summed E-state index contributed by atoms with van der Waals surface area (Å²) in [6.07, 6.45) is 0. The van der Waals surface area contributed by atoms with Crippen LogP contribution in [0.5, 0.6) is 0 Å². The van der Waals surface area contributed by atoms with E-state index in [1.807, 2.05) is 0 Å². The molecule has 1 saturated heterocycles. The fourth-order valence-electron chi connectivity index (χ4n) is 2.28. The third-order valence-corrected chi connectivity index (χ3v) is 3.56. The SMILES string of the molecule is CCN(CCOC1(C)CNC1)c1cccc(C)c1. The van der Waals surface area contributed by atoms with Gasteiger partial charge < -0.3 is 15.0 Å². The zero-order valence-electron chi connectivity index (χ0n) is 11.7. The minimum Gasteiger partial charge on any atom is -0.371 e. The molecule has 0 spiro atoms. The highest BCUT2D eigenvalue weighted by Gasteiger charge is 2.32. The van der Waals surface area contributed by atoms with Crippen LogP contribution >= 0.6 is 0 Å². The Bertz CT molecular complexity index is 388. The second-order valence-corrected chi connectivity index (χ2v) is 5.32. The largest absolute Gasteiger partial charge is 0.371 e. The quantitative estimate of drug-likeness (QED) is 0.835. The molecule has 0 saturated carbocycles. The summed E-state index contributed by atoms with van der Waals surface area (Å²) in [5.41, 5.74) is 2.66. The van der Waals surface area contributed by atoms with Crippen LogP contribution in [0.1, 0.15) is 19.4 Å². The Morgan fingerprint density at radius 2 is 2.17 bits per heavy atom. The predicted molar refractivity (Wildman–Crippen MR) is 76.3 cm³/mol. The first-order valence-corrected chi connectivity index (χ1v) is 6.79. The molecule has 0 aromatic heterocycles. The topological polar surface area (TPSA) is 24.5 Å². The zero-order valence-corrected chi connectivity index (χ0v) is 11.7. The molecule has 18 heavy (non-hydrogen) atoms. The summed E-state index contributed by atoms with van der Waals surface area (Å²) in [6.45, 7) is 11.2. The number of nitrogens with one attached hydrogen (secondary N) is 1. The van der Waals surface area contributed by atoms with Crippen molar-refractivity contribution in [2.45, 2.75) is 26.4 Å². The number of nitrogens with zero attached hydrogens (tertiary/aromatic N) is 1. The summed E-state index contributed by atoms with van der Waals surface area (Å²) in [4.78, 5) is 2.36. The van der Waals surface area contributed by atoms with Crippen molar-refractivity contribution >= 4 is 5.69 Å². The Kier molecular flexibility index (Phi) is 4.25. The molecular formula is C15H24N2O. The van der Waals surface area contributed by atoms with Crippen molar-refractivity contribution in [3.8, 4) is 0 Å². The molecule has 3 heteroatoms. The van der Waals surface area contributed by atoms with Gasteiger partial charge in [-0.15, -0.1) is 0 Å². The Morgan fingerprint density at radius 3 is 2.72 bits per heavy atom. The van der Waals surface area contributed by atoms with Gasteiger partial charge in [0.05, 0.1) is 12.2 Å². The van der Waals surface area contributed by atoms with Crippen molar-refractivity contribution in [1.29, 1.82) is 0 Å². The summed E-state index contributed by atoms with van der Waals surface area (Å²) in [5, 5.41) is 3.25. The number of likely N-dealkylation sites (N-methyl/N-ethyl adjacent to an activating group) is 1. The molecular weight excluding hydrogens is 224 g/mol. The summed E-state index contributed by atoms with van der Waals surface area (Å²) in [6, 6.07) is 8.65. The maximum absolute atomic E-state index is 5.95. The maximum Gasteiger partial charge on any atom is 0.0902 e. The van der Waals surface area contributed by atoms with E-state index in [1.165, 1.54) is 11.3 Å². The lowest BCUT2D eigenvalue weighted by atomic mass is 10.0. The van der Waals surface area contributed by atoms with Gasteiger partial charge in [0.15, 0.2) is 0 Å². The van der Waals surface area contributed by atoms with E-state index in [4.69, 9.17) is 4.74 Å². The first-order chi connectivity index (χ1) is 8.63. The number of anilines is 1. The van der Waals surface area contributed by atoms with E-state index in [0.29, 0.717) is 0 Å². The van der Waals surface area contributed by atoms with E-state index in [-0.39, 0.29) is 5.60 Å². The van der Waals surface area contributed by atoms with Gasteiger partial charge >= 0.3 is 0 Å². The molecule has 0 aliphatic carbocycles. The molecule has 3 nitrogen and oxygen atoms in total. The highest BCUT2D eigenvalue weighted by molar-refractivity contribution is 5.48. The Hall–Kier alpha value is -1.06. The Labute approximate surface area is 110 Å². The van der Waals surface area contributed by atoms with Crippen LogP contribution in [0.3, 0.4) is 0 Å². The molecule has 1 aliphatic heterocycles. The highest BCUT2D eigenvalue weighted by atomic mass is 16.5. The Balaban J connectivity index is 1.85. The third-order valence-electron chi connectivity index (χ3n) is 3.56. The van der Waals surface area contributed by atoms with E-state index in [0.717, 1.165) is 32.8 Å². The van der Waals surface area contributed by atoms with Gasteiger partial charge in [0.25, 0.3) is 0 Å². The molecule has 1 aromatic carbocycles. The van der Waals surface area contributed by atoms with Gasteiger partial charge in [-0.25, -0.2) is 0 Å². The fourth-order valence-corrected chi connectivity index (χ4v) is 2.28. The van der Waals surface area contributed by atoms with Crippen LogP contribution in [0, 0.1) is 6.92 Å². The molecule has 0 bridgehead atoms. The third kappa shape index (κ3) is 3.24. The van der Waals surface area contributed by atoms with Crippen molar-refractivity contribution in [1.82, 2.24) is 5.32 Å². The lowest BCUT2D eigenvalue weighted by molar-refractivity contribution is -0.0633. The molecule has 1 fully saturated rings. The molecule has 1 heterocycles. The number of aryl methyl sites for hydroxylation is 1. The lowest BCUT2D eigenvalue weighted by Crippen LogP contribution is -2.59. The zero-order chi connectivity index (χ0) is 13.0. The molecule has 100 valence electrons. The second-order valence-electron chi connectivity index (χ2n) is 5.32. The lowest BCUT2D eigenvalue weighted by Gasteiger charge is -2.39. The summed E-state index contributed by atoms with van der Waals surface area (Å²) >= 11 is 0. The second kappa shape index (κ2) is 5.72. The van der Waals surface area contributed by atoms with Crippen LogP contribution < -0.4 is 10.2 Å². The first-order valence-electron chi connectivity index (χ1n) is 6.79. The molecule has 1 aromatic rings. The fraction of sp³-hybridized carbons (Fsp3) is 0.600. The van der Waals surface area contributed by atoms with Gasteiger partial charge in [0.1, 0.15) is 0 Å². The van der Waals surface area contributed by atoms with Crippen molar-refractivity contribution in [2.75, 3.05) is 37.7 Å². The van der Waals surface area contributed by atoms with Crippen LogP contribution in [0.2, 0.25) is 0 Å². The van der Waals surface area contributed by atoms with E-state index in [9.17, 15) is 0 Å². The van der Waals surface area contributed by atoms with Crippen LogP contribution in [-0.4, -0.2) is 38.4 Å².